The molecular weight excluding hydrogens is 584 g/mol. The van der Waals surface area contributed by atoms with Crippen LogP contribution in [0.4, 0.5) is 4.79 Å². The molecule has 39 heavy (non-hydrogen) atoms. The molecule has 1 aliphatic rings. The van der Waals surface area contributed by atoms with Crippen molar-refractivity contribution in [1.82, 2.24) is 20.2 Å². The molecule has 8 nitrogen and oxygen atoms in total. The Hall–Kier alpha value is -3.66. The number of urea groups is 1. The number of carbonyl (C=O) groups is 2. The number of amides is 3. The Bertz CT molecular complexity index is 1480. The third-order valence-corrected chi connectivity index (χ3v) is 7.52. The Kier molecular flexibility index (Phi) is 8.02. The molecule has 1 aliphatic heterocycles. The zero-order chi connectivity index (χ0) is 27.5. The second kappa shape index (κ2) is 11.6. The van der Waals surface area contributed by atoms with Crippen molar-refractivity contribution in [1.29, 1.82) is 0 Å². The molecular formula is C29H26BrClN4O4. The highest BCUT2D eigenvalue weighted by atomic mass is 79.9. The van der Waals surface area contributed by atoms with E-state index in [0.717, 1.165) is 15.6 Å². The van der Waals surface area contributed by atoms with Gasteiger partial charge < -0.3 is 20.1 Å². The maximum absolute atomic E-state index is 13.8. The number of hydrogen-bond acceptors (Lipinski definition) is 5. The van der Waals surface area contributed by atoms with Crippen LogP contribution < -0.4 is 10.1 Å². The molecule has 3 atom stereocenters. The second-order valence-electron chi connectivity index (χ2n) is 9.18. The second-order valence-corrected chi connectivity index (χ2v) is 10.5. The Labute approximate surface area is 239 Å². The van der Waals surface area contributed by atoms with Crippen LogP contribution in [-0.4, -0.2) is 45.1 Å². The van der Waals surface area contributed by atoms with Gasteiger partial charge in [0.05, 0.1) is 23.5 Å². The van der Waals surface area contributed by atoms with Crippen molar-refractivity contribution in [3.8, 4) is 17.0 Å². The van der Waals surface area contributed by atoms with E-state index in [1.54, 1.807) is 36.5 Å². The summed E-state index contributed by atoms with van der Waals surface area (Å²) in [5.41, 5.74) is 3.01. The third-order valence-electron chi connectivity index (χ3n) is 6.72. The first-order valence-electron chi connectivity index (χ1n) is 12.4. The number of rotatable bonds is 9. The first kappa shape index (κ1) is 26.9. The molecule has 0 spiro atoms. The van der Waals surface area contributed by atoms with Crippen LogP contribution in [0.1, 0.15) is 41.9 Å². The van der Waals surface area contributed by atoms with Crippen LogP contribution in [0.15, 0.2) is 83.5 Å². The van der Waals surface area contributed by atoms with E-state index in [-0.39, 0.29) is 25.0 Å². The number of carbonyl (C=O) groups excluding carboxylic acids is 2. The molecule has 1 fully saturated rings. The molecule has 0 aliphatic carbocycles. The third kappa shape index (κ3) is 5.56. The SMILES string of the molecule is C[C@@H](c1ccccc1)[C@@H](c1ncc(-c2ccc(Br)cc2Cl)[nH]1)N1C(=O)NC(c2ccc(OCCO)cc2)C1=O. The van der Waals surface area contributed by atoms with E-state index < -0.39 is 18.1 Å². The first-order chi connectivity index (χ1) is 18.9. The van der Waals surface area contributed by atoms with Gasteiger partial charge in [0, 0.05) is 16.0 Å². The van der Waals surface area contributed by atoms with Gasteiger partial charge in [-0.2, -0.15) is 0 Å². The van der Waals surface area contributed by atoms with Crippen LogP contribution in [0.25, 0.3) is 11.3 Å². The van der Waals surface area contributed by atoms with Crippen LogP contribution in [0.2, 0.25) is 5.02 Å². The number of aromatic nitrogens is 2. The zero-order valence-electron chi connectivity index (χ0n) is 21.0. The molecule has 200 valence electrons. The van der Waals surface area contributed by atoms with Gasteiger partial charge in [-0.1, -0.05) is 83.0 Å². The van der Waals surface area contributed by atoms with Gasteiger partial charge in [-0.25, -0.2) is 9.78 Å². The molecule has 10 heteroatoms. The van der Waals surface area contributed by atoms with Crippen molar-refractivity contribution < 1.29 is 19.4 Å². The fourth-order valence-corrected chi connectivity index (χ4v) is 5.53. The van der Waals surface area contributed by atoms with Crippen molar-refractivity contribution in [3.63, 3.8) is 0 Å². The molecule has 3 N–H and O–H groups in total. The lowest BCUT2D eigenvalue weighted by molar-refractivity contribution is -0.129. The van der Waals surface area contributed by atoms with Gasteiger partial charge in [0.2, 0.25) is 0 Å². The monoisotopic (exact) mass is 608 g/mol. The fraction of sp³-hybridized carbons (Fsp3) is 0.207. The molecule has 0 bridgehead atoms. The number of ether oxygens (including phenoxy) is 1. The quantitative estimate of drug-likeness (QED) is 0.202. The molecule has 1 saturated heterocycles. The lowest BCUT2D eigenvalue weighted by atomic mass is 9.91. The normalized spacial score (nSPS) is 16.7. The number of aliphatic hydroxyl groups is 1. The molecule has 1 unspecified atom stereocenters. The molecule has 1 aromatic heterocycles. The lowest BCUT2D eigenvalue weighted by Crippen LogP contribution is -2.38. The summed E-state index contributed by atoms with van der Waals surface area (Å²) >= 11 is 9.91. The Morgan fingerprint density at radius 2 is 1.85 bits per heavy atom. The van der Waals surface area contributed by atoms with Gasteiger partial charge in [0.15, 0.2) is 0 Å². The highest BCUT2D eigenvalue weighted by Gasteiger charge is 2.46. The smallest absolute Gasteiger partial charge is 0.325 e. The van der Waals surface area contributed by atoms with Crippen molar-refractivity contribution >= 4 is 39.5 Å². The molecule has 4 aromatic rings. The standard InChI is InChI=1S/C29H26BrClN4O4/c1-17(18-5-3-2-4-6-18)26(27-32-16-24(33-27)22-12-9-20(30)15-23(22)31)35-28(37)25(34-29(35)38)19-7-10-21(11-8-19)39-14-13-36/h2-12,15-17,25-26,36H,13-14H2,1H3,(H,32,33)(H,34,38)/t17-,25?,26-/m0/s1. The number of imidazole rings is 1. The number of imide groups is 1. The highest BCUT2D eigenvalue weighted by molar-refractivity contribution is 9.10. The van der Waals surface area contributed by atoms with Crippen molar-refractivity contribution in [2.45, 2.75) is 24.9 Å². The number of halogens is 2. The van der Waals surface area contributed by atoms with E-state index in [1.165, 1.54) is 4.90 Å². The summed E-state index contributed by atoms with van der Waals surface area (Å²) in [4.78, 5) is 36.4. The van der Waals surface area contributed by atoms with E-state index in [1.807, 2.05) is 49.4 Å². The van der Waals surface area contributed by atoms with Gasteiger partial charge in [-0.15, -0.1) is 0 Å². The summed E-state index contributed by atoms with van der Waals surface area (Å²) in [6, 6.07) is 20.1. The Morgan fingerprint density at radius 1 is 1.10 bits per heavy atom. The Balaban J connectivity index is 1.50. The number of benzene rings is 3. The van der Waals surface area contributed by atoms with E-state index in [4.69, 9.17) is 21.4 Å². The highest BCUT2D eigenvalue weighted by Crippen LogP contribution is 2.40. The summed E-state index contributed by atoms with van der Waals surface area (Å²) in [5, 5.41) is 12.3. The number of aromatic amines is 1. The van der Waals surface area contributed by atoms with E-state index in [0.29, 0.717) is 27.9 Å². The maximum Gasteiger partial charge on any atom is 0.325 e. The van der Waals surface area contributed by atoms with Crippen molar-refractivity contribution in [3.05, 3.63) is 105 Å². The summed E-state index contributed by atoms with van der Waals surface area (Å²) in [5.74, 6) is 0.383. The number of H-pyrrole nitrogens is 1. The van der Waals surface area contributed by atoms with Gasteiger partial charge in [-0.3, -0.25) is 9.69 Å². The largest absolute Gasteiger partial charge is 0.491 e. The van der Waals surface area contributed by atoms with E-state index in [2.05, 4.69) is 31.2 Å². The van der Waals surface area contributed by atoms with Crippen molar-refractivity contribution in [2.75, 3.05) is 13.2 Å². The molecule has 3 amide bonds. The number of nitrogens with zero attached hydrogens (tertiary/aromatic N) is 2. The average molecular weight is 610 g/mol. The van der Waals surface area contributed by atoms with Gasteiger partial charge >= 0.3 is 6.03 Å². The summed E-state index contributed by atoms with van der Waals surface area (Å²) < 4.78 is 6.27. The van der Waals surface area contributed by atoms with Crippen LogP contribution in [0, 0.1) is 0 Å². The van der Waals surface area contributed by atoms with Gasteiger partial charge in [0.1, 0.15) is 30.3 Å². The number of nitrogens with one attached hydrogen (secondary N) is 2. The fourth-order valence-electron chi connectivity index (χ4n) is 4.76. The molecule has 5 rings (SSSR count). The van der Waals surface area contributed by atoms with Crippen molar-refractivity contribution in [2.24, 2.45) is 0 Å². The molecule has 0 radical (unpaired) electrons. The topological polar surface area (TPSA) is 108 Å². The number of hydrogen-bond donors (Lipinski definition) is 3. The predicted octanol–water partition coefficient (Wildman–Crippen LogP) is 6.00. The minimum Gasteiger partial charge on any atom is -0.491 e. The molecule has 3 aromatic carbocycles. The minimum atomic E-state index is -0.856. The predicted molar refractivity (Wildman–Crippen MR) is 151 cm³/mol. The van der Waals surface area contributed by atoms with Crippen LogP contribution >= 0.6 is 27.5 Å². The minimum absolute atomic E-state index is 0.0998. The van der Waals surface area contributed by atoms with Gasteiger partial charge in [-0.05, 0) is 35.4 Å². The van der Waals surface area contributed by atoms with Gasteiger partial charge in [0.25, 0.3) is 5.91 Å². The van der Waals surface area contributed by atoms with Crippen LogP contribution in [-0.2, 0) is 4.79 Å². The van der Waals surface area contributed by atoms with E-state index in [9.17, 15) is 9.59 Å². The summed E-state index contributed by atoms with van der Waals surface area (Å²) in [7, 11) is 0. The Morgan fingerprint density at radius 3 is 2.54 bits per heavy atom. The van der Waals surface area contributed by atoms with Crippen LogP contribution in [0.5, 0.6) is 5.75 Å². The maximum atomic E-state index is 13.8. The average Bonchev–Trinajstić information content (AvgIpc) is 3.53. The summed E-state index contributed by atoms with van der Waals surface area (Å²) in [6.45, 7) is 2.04. The van der Waals surface area contributed by atoms with E-state index >= 15 is 0 Å². The lowest BCUT2D eigenvalue weighted by Gasteiger charge is -2.29. The van der Waals surface area contributed by atoms with Crippen LogP contribution in [0.3, 0.4) is 0 Å². The molecule has 2 heterocycles. The first-order valence-corrected chi connectivity index (χ1v) is 13.6. The number of aliphatic hydroxyl groups excluding tert-OH is 1. The summed E-state index contributed by atoms with van der Waals surface area (Å²) in [6.07, 6.45) is 1.66. The molecule has 0 saturated carbocycles. The zero-order valence-corrected chi connectivity index (χ0v) is 23.3.